The first kappa shape index (κ1) is 19.0. The molecule has 0 saturated heterocycles. The minimum absolute atomic E-state index is 0. The van der Waals surface area contributed by atoms with Crippen molar-refractivity contribution in [3.63, 3.8) is 0 Å². The molecule has 124 valence electrons. The second-order valence-corrected chi connectivity index (χ2v) is 5.24. The fourth-order valence-electron chi connectivity index (χ4n) is 1.92. The highest BCUT2D eigenvalue weighted by Gasteiger charge is 2.22. The molecule has 2 N–H and O–H groups in total. The number of halogens is 2. The van der Waals surface area contributed by atoms with E-state index in [0.717, 1.165) is 18.9 Å². The summed E-state index contributed by atoms with van der Waals surface area (Å²) in [4.78, 5) is 4.56. The first-order valence-electron chi connectivity index (χ1n) is 7.68. The summed E-state index contributed by atoms with van der Waals surface area (Å²) in [5.41, 5.74) is 0. The van der Waals surface area contributed by atoms with E-state index in [1.54, 1.807) is 12.1 Å². The third-order valence-corrected chi connectivity index (χ3v) is 3.27. The van der Waals surface area contributed by atoms with Crippen molar-refractivity contribution in [1.82, 2.24) is 10.6 Å². The third-order valence-electron chi connectivity index (χ3n) is 3.27. The van der Waals surface area contributed by atoms with Gasteiger partial charge in [-0.1, -0.05) is 13.0 Å². The Morgan fingerprint density at radius 2 is 2.18 bits per heavy atom. The lowest BCUT2D eigenvalue weighted by molar-refractivity contribution is 0.205. The number of guanidine groups is 1. The van der Waals surface area contributed by atoms with E-state index >= 15 is 0 Å². The fraction of sp³-hybridized carbons (Fsp3) is 0.562. The van der Waals surface area contributed by atoms with Gasteiger partial charge in [0.1, 0.15) is 17.7 Å². The predicted molar refractivity (Wildman–Crippen MR) is 98.7 cm³/mol. The molecule has 0 amide bonds. The molecule has 6 heteroatoms. The molecule has 22 heavy (non-hydrogen) atoms. The van der Waals surface area contributed by atoms with Gasteiger partial charge in [-0.25, -0.2) is 9.38 Å². The molecule has 1 fully saturated rings. The summed E-state index contributed by atoms with van der Waals surface area (Å²) in [6.07, 6.45) is 3.19. The number of hydrogen-bond acceptors (Lipinski definition) is 2. The fourth-order valence-corrected chi connectivity index (χ4v) is 1.92. The normalized spacial score (nSPS) is 15.7. The van der Waals surface area contributed by atoms with Crippen LogP contribution >= 0.6 is 24.0 Å². The average Bonchev–Trinajstić information content (AvgIpc) is 3.27. The van der Waals surface area contributed by atoms with Crippen LogP contribution in [0.4, 0.5) is 4.39 Å². The topological polar surface area (TPSA) is 45.7 Å². The van der Waals surface area contributed by atoms with E-state index in [9.17, 15) is 4.39 Å². The summed E-state index contributed by atoms with van der Waals surface area (Å²) in [5.74, 6) is 1.10. The Morgan fingerprint density at radius 1 is 1.41 bits per heavy atom. The van der Waals surface area contributed by atoms with E-state index in [0.29, 0.717) is 18.3 Å². The van der Waals surface area contributed by atoms with Crippen LogP contribution in [0.25, 0.3) is 0 Å². The maximum absolute atomic E-state index is 13.2. The number of aliphatic imine (C=N–C) groups is 1. The minimum atomic E-state index is -0.283. The maximum Gasteiger partial charge on any atom is 0.191 e. The first-order valence-corrected chi connectivity index (χ1v) is 7.68. The number of rotatable bonds is 7. The summed E-state index contributed by atoms with van der Waals surface area (Å²) >= 11 is 0. The van der Waals surface area contributed by atoms with Crippen LogP contribution in [0, 0.1) is 5.82 Å². The third kappa shape index (κ3) is 6.81. The van der Waals surface area contributed by atoms with Crippen LogP contribution in [-0.4, -0.2) is 31.2 Å². The van der Waals surface area contributed by atoms with Crippen LogP contribution in [0.3, 0.4) is 0 Å². The van der Waals surface area contributed by atoms with E-state index < -0.39 is 0 Å². The Labute approximate surface area is 148 Å². The van der Waals surface area contributed by atoms with E-state index in [1.165, 1.54) is 25.0 Å². The molecule has 0 spiro atoms. The smallest absolute Gasteiger partial charge is 0.191 e. The van der Waals surface area contributed by atoms with E-state index in [1.807, 2.05) is 13.8 Å². The zero-order valence-corrected chi connectivity index (χ0v) is 15.5. The first-order chi connectivity index (χ1) is 10.2. The second kappa shape index (κ2) is 9.86. The summed E-state index contributed by atoms with van der Waals surface area (Å²) in [6.45, 7) is 5.47. The van der Waals surface area contributed by atoms with Crippen molar-refractivity contribution in [1.29, 1.82) is 0 Å². The van der Waals surface area contributed by atoms with Crippen LogP contribution in [0.5, 0.6) is 5.75 Å². The van der Waals surface area contributed by atoms with Gasteiger partial charge < -0.3 is 15.4 Å². The van der Waals surface area contributed by atoms with Crippen LogP contribution in [0.15, 0.2) is 29.3 Å². The molecule has 1 saturated carbocycles. The number of ether oxygens (including phenoxy) is 1. The molecular formula is C16H25FIN3O. The van der Waals surface area contributed by atoms with Crippen LogP contribution in [-0.2, 0) is 0 Å². The summed E-state index contributed by atoms with van der Waals surface area (Å²) in [5, 5.41) is 6.60. The van der Waals surface area contributed by atoms with Crippen molar-refractivity contribution in [2.45, 2.75) is 45.3 Å². The Balaban J connectivity index is 0.00000242. The van der Waals surface area contributed by atoms with E-state index in [4.69, 9.17) is 4.74 Å². The molecule has 4 nitrogen and oxygen atoms in total. The summed E-state index contributed by atoms with van der Waals surface area (Å²) in [6, 6.07) is 6.80. The quantitative estimate of drug-likeness (QED) is 0.404. The van der Waals surface area contributed by atoms with Crippen molar-refractivity contribution in [2.24, 2.45) is 4.99 Å². The van der Waals surface area contributed by atoms with Crippen molar-refractivity contribution >= 4 is 29.9 Å². The predicted octanol–water partition coefficient (Wildman–Crippen LogP) is 3.32. The second-order valence-electron chi connectivity index (χ2n) is 5.24. The van der Waals surface area contributed by atoms with E-state index in [2.05, 4.69) is 15.6 Å². The standard InChI is InChI=1S/C16H24FN3O.HI/c1-3-14(21-15-7-5-6-12(17)10-15)11-19-16(18-4-2)20-13-8-9-13;/h5-7,10,13-14H,3-4,8-9,11H2,1-2H3,(H2,18,19,20);1H. The van der Waals surface area contributed by atoms with Crippen molar-refractivity contribution in [3.8, 4) is 5.75 Å². The van der Waals surface area contributed by atoms with Gasteiger partial charge in [0.2, 0.25) is 0 Å². The Bertz CT molecular complexity index is 480. The van der Waals surface area contributed by atoms with Crippen LogP contribution < -0.4 is 15.4 Å². The highest BCUT2D eigenvalue weighted by molar-refractivity contribution is 14.0. The molecule has 0 aromatic heterocycles. The maximum atomic E-state index is 13.2. The highest BCUT2D eigenvalue weighted by atomic mass is 127. The van der Waals surface area contributed by atoms with Gasteiger partial charge in [-0.2, -0.15) is 0 Å². The molecule has 0 bridgehead atoms. The lowest BCUT2D eigenvalue weighted by atomic mass is 10.2. The summed E-state index contributed by atoms with van der Waals surface area (Å²) in [7, 11) is 0. The lowest BCUT2D eigenvalue weighted by Gasteiger charge is -2.17. The van der Waals surface area contributed by atoms with Crippen molar-refractivity contribution < 1.29 is 9.13 Å². The van der Waals surface area contributed by atoms with Crippen LogP contribution in [0.1, 0.15) is 33.1 Å². The van der Waals surface area contributed by atoms with Crippen LogP contribution in [0.2, 0.25) is 0 Å². The molecule has 1 atom stereocenters. The molecule has 2 rings (SSSR count). The van der Waals surface area contributed by atoms with Gasteiger partial charge in [-0.15, -0.1) is 24.0 Å². The van der Waals surface area contributed by atoms with Gasteiger partial charge in [0.05, 0.1) is 6.54 Å². The molecule has 1 aromatic carbocycles. The molecule has 1 aliphatic carbocycles. The zero-order valence-electron chi connectivity index (χ0n) is 13.1. The van der Waals surface area contributed by atoms with E-state index in [-0.39, 0.29) is 35.9 Å². The van der Waals surface area contributed by atoms with Gasteiger partial charge in [-0.05, 0) is 38.3 Å². The van der Waals surface area contributed by atoms with Crippen molar-refractivity contribution in [3.05, 3.63) is 30.1 Å². The number of hydrogen-bond donors (Lipinski definition) is 2. The number of benzene rings is 1. The molecule has 0 radical (unpaired) electrons. The molecule has 1 aliphatic rings. The average molecular weight is 421 g/mol. The molecule has 1 unspecified atom stereocenters. The van der Waals surface area contributed by atoms with Gasteiger partial charge in [0.15, 0.2) is 5.96 Å². The largest absolute Gasteiger partial charge is 0.488 e. The van der Waals surface area contributed by atoms with Crippen molar-refractivity contribution in [2.75, 3.05) is 13.1 Å². The highest BCUT2D eigenvalue weighted by Crippen LogP contribution is 2.18. The summed E-state index contributed by atoms with van der Waals surface area (Å²) < 4.78 is 18.9. The monoisotopic (exact) mass is 421 g/mol. The van der Waals surface area contributed by atoms with Gasteiger partial charge in [0.25, 0.3) is 0 Å². The Hall–Kier alpha value is -1.05. The van der Waals surface area contributed by atoms with Gasteiger partial charge in [0, 0.05) is 18.7 Å². The van der Waals surface area contributed by atoms with Gasteiger partial charge >= 0.3 is 0 Å². The molecular weight excluding hydrogens is 396 g/mol. The number of nitrogens with one attached hydrogen (secondary N) is 2. The Kier molecular flexibility index (Phi) is 8.52. The SMILES string of the molecule is CCNC(=NCC(CC)Oc1cccc(F)c1)NC1CC1.I. The zero-order chi connectivity index (χ0) is 15.1. The number of nitrogens with zero attached hydrogens (tertiary/aromatic N) is 1. The molecule has 1 aromatic rings. The van der Waals surface area contributed by atoms with Gasteiger partial charge in [-0.3, -0.25) is 0 Å². The molecule has 0 heterocycles. The Morgan fingerprint density at radius 3 is 2.77 bits per heavy atom. The molecule has 0 aliphatic heterocycles. The lowest BCUT2D eigenvalue weighted by Crippen LogP contribution is -2.39. The minimum Gasteiger partial charge on any atom is -0.488 e.